The highest BCUT2D eigenvalue weighted by atomic mass is 16.5. The molecule has 4 aromatic rings. The van der Waals surface area contributed by atoms with Crippen molar-refractivity contribution in [1.82, 2.24) is 39.7 Å². The summed E-state index contributed by atoms with van der Waals surface area (Å²) in [6, 6.07) is 8.27. The molecule has 0 saturated carbocycles. The van der Waals surface area contributed by atoms with Gasteiger partial charge in [-0.15, -0.1) is 5.10 Å². The Morgan fingerprint density at radius 3 is 2.54 bits per heavy atom. The molecule has 2 saturated heterocycles. The van der Waals surface area contributed by atoms with E-state index in [2.05, 4.69) is 56.1 Å². The molecule has 0 bridgehead atoms. The second-order valence-electron chi connectivity index (χ2n) is 10.1. The average molecular weight is 500 g/mol. The van der Waals surface area contributed by atoms with Crippen LogP contribution >= 0.6 is 0 Å². The summed E-state index contributed by atoms with van der Waals surface area (Å²) in [7, 11) is 0. The molecular formula is C27H33N9O. The van der Waals surface area contributed by atoms with Gasteiger partial charge in [-0.25, -0.2) is 9.50 Å². The monoisotopic (exact) mass is 499 g/mol. The fourth-order valence-electron chi connectivity index (χ4n) is 5.42. The van der Waals surface area contributed by atoms with E-state index in [1.165, 1.54) is 5.56 Å². The van der Waals surface area contributed by atoms with Crippen LogP contribution in [-0.4, -0.2) is 79.1 Å². The fraction of sp³-hybridized carbons (Fsp3) is 0.481. The lowest BCUT2D eigenvalue weighted by Crippen LogP contribution is -2.35. The van der Waals surface area contributed by atoms with Gasteiger partial charge < -0.3 is 9.64 Å². The van der Waals surface area contributed by atoms with Crippen molar-refractivity contribution in [2.24, 2.45) is 5.92 Å². The van der Waals surface area contributed by atoms with E-state index in [4.69, 9.17) is 14.7 Å². The van der Waals surface area contributed by atoms with E-state index in [1.54, 1.807) is 0 Å². The standard InChI is InChI=1S/C27H33N9O/c1-18-24(19(2)36-27(29-18)30-20(3)33-36)14-21-8-9-35(16-21)23-5-7-25(28-15-23)26-6-4-22(31-32-26)17-34-10-12-37-13-11-34/h4-7,15,21H,8-14,16-17H2,1-3H3. The molecule has 0 aromatic carbocycles. The van der Waals surface area contributed by atoms with E-state index in [0.717, 1.165) is 98.8 Å². The quantitative estimate of drug-likeness (QED) is 0.397. The SMILES string of the molecule is Cc1nc2nc(C)c(CC3CCN(c4ccc(-c5ccc(CN6CCOCC6)nn5)nc4)C3)c(C)n2n1. The van der Waals surface area contributed by atoms with Gasteiger partial charge in [0.25, 0.3) is 5.78 Å². The van der Waals surface area contributed by atoms with Gasteiger partial charge in [0.2, 0.25) is 0 Å². The Labute approximate surface area is 216 Å². The van der Waals surface area contributed by atoms with Gasteiger partial charge in [-0.1, -0.05) is 0 Å². The minimum atomic E-state index is 0.561. The van der Waals surface area contributed by atoms with Gasteiger partial charge in [0.05, 0.1) is 36.5 Å². The molecule has 2 aliphatic heterocycles. The van der Waals surface area contributed by atoms with Crippen molar-refractivity contribution in [3.63, 3.8) is 0 Å². The second kappa shape index (κ2) is 10.1. The maximum absolute atomic E-state index is 5.42. The van der Waals surface area contributed by atoms with Gasteiger partial charge in [0.15, 0.2) is 0 Å². The van der Waals surface area contributed by atoms with E-state index in [1.807, 2.05) is 29.8 Å². The Morgan fingerprint density at radius 2 is 1.78 bits per heavy atom. The number of nitrogens with zero attached hydrogens (tertiary/aromatic N) is 9. The first-order chi connectivity index (χ1) is 18.0. The molecule has 0 amide bonds. The van der Waals surface area contributed by atoms with Crippen LogP contribution in [0.15, 0.2) is 30.5 Å². The molecule has 1 unspecified atom stereocenters. The third kappa shape index (κ3) is 5.03. The summed E-state index contributed by atoms with van der Waals surface area (Å²) in [5.41, 5.74) is 7.26. The number of aryl methyl sites for hydroxylation is 3. The van der Waals surface area contributed by atoms with Crippen molar-refractivity contribution < 1.29 is 4.74 Å². The second-order valence-corrected chi connectivity index (χ2v) is 10.1. The summed E-state index contributed by atoms with van der Waals surface area (Å²) in [6.07, 6.45) is 4.10. The molecule has 0 aliphatic carbocycles. The van der Waals surface area contributed by atoms with Crippen molar-refractivity contribution >= 4 is 11.5 Å². The van der Waals surface area contributed by atoms with E-state index < -0.39 is 0 Å². The number of ether oxygens (including phenoxy) is 1. The number of rotatable bonds is 6. The fourth-order valence-corrected chi connectivity index (χ4v) is 5.42. The number of pyridine rings is 1. The minimum absolute atomic E-state index is 0.561. The maximum atomic E-state index is 5.42. The molecule has 192 valence electrons. The smallest absolute Gasteiger partial charge is 0.252 e. The van der Waals surface area contributed by atoms with Gasteiger partial charge in [-0.3, -0.25) is 9.88 Å². The summed E-state index contributed by atoms with van der Waals surface area (Å²) in [5.74, 6) is 2.00. The predicted molar refractivity (Wildman–Crippen MR) is 140 cm³/mol. The minimum Gasteiger partial charge on any atom is -0.379 e. The zero-order valence-electron chi connectivity index (χ0n) is 21.8. The Hall–Kier alpha value is -3.50. The Balaban J connectivity index is 1.09. The molecule has 0 N–H and O–H groups in total. The topological polar surface area (TPSA) is 97.5 Å². The van der Waals surface area contributed by atoms with Gasteiger partial charge in [-0.05, 0) is 69.4 Å². The highest BCUT2D eigenvalue weighted by molar-refractivity contribution is 5.57. The molecule has 0 radical (unpaired) electrons. The first kappa shape index (κ1) is 23.9. The van der Waals surface area contributed by atoms with Crippen LogP contribution in [0.25, 0.3) is 17.2 Å². The zero-order valence-corrected chi connectivity index (χ0v) is 21.8. The van der Waals surface area contributed by atoms with E-state index in [0.29, 0.717) is 11.7 Å². The third-order valence-electron chi connectivity index (χ3n) is 7.52. The van der Waals surface area contributed by atoms with Crippen molar-refractivity contribution in [1.29, 1.82) is 0 Å². The first-order valence-electron chi connectivity index (χ1n) is 13.1. The molecule has 6 heterocycles. The summed E-state index contributed by atoms with van der Waals surface area (Å²) in [6.45, 7) is 12.4. The molecule has 1 atom stereocenters. The third-order valence-corrected chi connectivity index (χ3v) is 7.52. The van der Waals surface area contributed by atoms with Crippen LogP contribution in [0.3, 0.4) is 0 Å². The normalized spacial score (nSPS) is 18.7. The predicted octanol–water partition coefficient (Wildman–Crippen LogP) is 2.80. The van der Waals surface area contributed by atoms with Crippen LogP contribution in [0.4, 0.5) is 5.69 Å². The lowest BCUT2D eigenvalue weighted by atomic mass is 9.96. The lowest BCUT2D eigenvalue weighted by molar-refractivity contribution is 0.0335. The molecule has 2 aliphatic rings. The number of hydrogen-bond donors (Lipinski definition) is 0. The van der Waals surface area contributed by atoms with Crippen molar-refractivity contribution in [2.45, 2.75) is 40.2 Å². The van der Waals surface area contributed by atoms with Crippen LogP contribution in [0.2, 0.25) is 0 Å². The van der Waals surface area contributed by atoms with Crippen molar-refractivity contribution in [3.05, 3.63) is 58.9 Å². The molecular weight excluding hydrogens is 466 g/mol. The van der Waals surface area contributed by atoms with Crippen LogP contribution in [0, 0.1) is 26.7 Å². The summed E-state index contributed by atoms with van der Waals surface area (Å²) >= 11 is 0. The van der Waals surface area contributed by atoms with E-state index >= 15 is 0 Å². The molecule has 6 rings (SSSR count). The van der Waals surface area contributed by atoms with Gasteiger partial charge >= 0.3 is 0 Å². The van der Waals surface area contributed by atoms with Crippen LogP contribution < -0.4 is 4.90 Å². The van der Waals surface area contributed by atoms with Gasteiger partial charge in [-0.2, -0.15) is 15.2 Å². The maximum Gasteiger partial charge on any atom is 0.252 e. The van der Waals surface area contributed by atoms with Crippen LogP contribution in [0.5, 0.6) is 0 Å². The number of anilines is 1. The molecule has 0 spiro atoms. The zero-order chi connectivity index (χ0) is 25.4. The summed E-state index contributed by atoms with van der Waals surface area (Å²) in [4.78, 5) is 18.6. The molecule has 10 heteroatoms. The number of aromatic nitrogens is 7. The van der Waals surface area contributed by atoms with Gasteiger partial charge in [0, 0.05) is 44.1 Å². The largest absolute Gasteiger partial charge is 0.379 e. The first-order valence-corrected chi connectivity index (χ1v) is 13.1. The van der Waals surface area contributed by atoms with E-state index in [9.17, 15) is 0 Å². The Morgan fingerprint density at radius 1 is 0.946 bits per heavy atom. The van der Waals surface area contributed by atoms with Crippen molar-refractivity contribution in [2.75, 3.05) is 44.3 Å². The van der Waals surface area contributed by atoms with E-state index in [-0.39, 0.29) is 0 Å². The summed E-state index contributed by atoms with van der Waals surface area (Å²) < 4.78 is 7.30. The molecule has 10 nitrogen and oxygen atoms in total. The Bertz CT molecular complexity index is 1380. The van der Waals surface area contributed by atoms with Gasteiger partial charge in [0.1, 0.15) is 11.5 Å². The summed E-state index contributed by atoms with van der Waals surface area (Å²) in [5, 5.41) is 13.4. The molecule has 4 aromatic heterocycles. The van der Waals surface area contributed by atoms with Crippen LogP contribution in [-0.2, 0) is 17.7 Å². The number of morpholine rings is 1. The highest BCUT2D eigenvalue weighted by Crippen LogP contribution is 2.28. The van der Waals surface area contributed by atoms with Crippen LogP contribution in [0.1, 0.15) is 34.9 Å². The average Bonchev–Trinajstić information content (AvgIpc) is 3.54. The highest BCUT2D eigenvalue weighted by Gasteiger charge is 2.25. The number of hydrogen-bond acceptors (Lipinski definition) is 9. The number of fused-ring (bicyclic) bond motifs is 1. The lowest BCUT2D eigenvalue weighted by Gasteiger charge is -2.25. The van der Waals surface area contributed by atoms with Crippen molar-refractivity contribution in [3.8, 4) is 11.4 Å². The Kier molecular flexibility index (Phi) is 6.52. The molecule has 2 fully saturated rings. The molecule has 37 heavy (non-hydrogen) atoms.